The predicted octanol–water partition coefficient (Wildman–Crippen LogP) is 13.9. The molecule has 0 fully saturated rings. The fraction of sp³-hybridized carbons (Fsp3) is 0.278. The molecule has 326 valence electrons. The molecule has 0 radical (unpaired) electrons. The minimum atomic E-state index is -0.260. The van der Waals surface area contributed by atoms with Crippen LogP contribution in [0.25, 0.3) is 11.1 Å². The molecule has 0 aliphatic carbocycles. The van der Waals surface area contributed by atoms with Crippen molar-refractivity contribution in [2.45, 2.75) is 101 Å². The van der Waals surface area contributed by atoms with E-state index in [4.69, 9.17) is 0 Å². The van der Waals surface area contributed by atoms with Crippen LogP contribution in [0, 0.1) is 41.5 Å². The van der Waals surface area contributed by atoms with Crippen LogP contribution in [0.5, 0.6) is 0 Å². The Kier molecular flexibility index (Phi) is 14.4. The summed E-state index contributed by atoms with van der Waals surface area (Å²) in [5, 5.41) is 9.66. The Bertz CT molecular complexity index is 2510. The van der Waals surface area contributed by atoms with E-state index >= 15 is 0 Å². The molecule has 6 rings (SSSR count). The molecule has 3 N–H and O–H groups in total. The Morgan fingerprint density at radius 1 is 0.460 bits per heavy atom. The summed E-state index contributed by atoms with van der Waals surface area (Å²) in [6.07, 6.45) is 0.616. The second kappa shape index (κ2) is 19.9. The molecule has 0 spiro atoms. The van der Waals surface area contributed by atoms with Crippen LogP contribution in [0.2, 0.25) is 0 Å². The third-order valence-electron chi connectivity index (χ3n) is 11.8. The van der Waals surface area contributed by atoms with Gasteiger partial charge in [0.1, 0.15) is 0 Å². The summed E-state index contributed by atoms with van der Waals surface area (Å²) in [6.45, 7) is 22.2. The van der Waals surface area contributed by atoms with Gasteiger partial charge in [-0.15, -0.1) is 0 Å². The van der Waals surface area contributed by atoms with Crippen molar-refractivity contribution >= 4 is 52.2 Å². The zero-order valence-corrected chi connectivity index (χ0v) is 38.6. The molecule has 6 aromatic carbocycles. The number of benzene rings is 6. The molecule has 9 heteroatoms. The quantitative estimate of drug-likeness (QED) is 0.114. The fourth-order valence-electron chi connectivity index (χ4n) is 8.52. The number of nitrogens with one attached hydrogen (secondary N) is 3. The van der Waals surface area contributed by atoms with Crippen LogP contribution in [0.3, 0.4) is 0 Å². The molecule has 0 aromatic heterocycles. The summed E-state index contributed by atoms with van der Waals surface area (Å²) >= 11 is 0. The molecule has 63 heavy (non-hydrogen) atoms. The van der Waals surface area contributed by atoms with Crippen molar-refractivity contribution in [1.29, 1.82) is 0 Å². The Balaban J connectivity index is 1.20. The van der Waals surface area contributed by atoms with Crippen LogP contribution in [0.15, 0.2) is 127 Å². The molecule has 0 saturated carbocycles. The summed E-state index contributed by atoms with van der Waals surface area (Å²) in [5.41, 5.74) is 13.5. The van der Waals surface area contributed by atoms with Crippen LogP contribution >= 0.6 is 0 Å². The zero-order valence-electron chi connectivity index (χ0n) is 38.6. The third-order valence-corrected chi connectivity index (χ3v) is 11.8. The Morgan fingerprint density at radius 3 is 1.49 bits per heavy atom. The molecule has 0 saturated heterocycles. The second-order valence-corrected chi connectivity index (χ2v) is 17.1. The number of carbonyl (C=O) groups is 3. The summed E-state index contributed by atoms with van der Waals surface area (Å²) in [5.74, 6) is 0. The SMILES string of the molecule is Cc1cccc(C)c1NC(=O)N(C(C)C)C(C)Cc1ccc(C)c(NC(=O)N(c2ccc(-c3ccc(C)c(NC(=O)N(c4ccccc4)c4ccccc4)c3C)cc2)C(C)C)c1C. The van der Waals surface area contributed by atoms with Crippen molar-refractivity contribution < 1.29 is 14.4 Å². The third kappa shape index (κ3) is 10.3. The van der Waals surface area contributed by atoms with E-state index in [1.54, 1.807) is 9.80 Å². The van der Waals surface area contributed by atoms with Crippen molar-refractivity contribution in [1.82, 2.24) is 4.90 Å². The Hall–Kier alpha value is -6.87. The van der Waals surface area contributed by atoms with Crippen LogP contribution in [0.1, 0.15) is 73.6 Å². The zero-order chi connectivity index (χ0) is 45.5. The van der Waals surface area contributed by atoms with Crippen molar-refractivity contribution in [2.75, 3.05) is 25.8 Å². The topological polar surface area (TPSA) is 97.0 Å². The second-order valence-electron chi connectivity index (χ2n) is 17.1. The average molecular weight is 843 g/mol. The number of aryl methyl sites for hydroxylation is 4. The number of para-hydroxylation sites is 3. The standard InChI is InChI=1S/C54H62N6O3/c1-34(2)58(52(61)55-49-36(5)19-18-20-37(49)6)40(9)33-44-27-25-38(7)50(41(44)10)56-53(62)59(35(3)4)47-30-28-43(29-31-47)48-32-26-39(8)51(42(48)11)57-54(63)60(45-21-14-12-15-22-45)46-23-16-13-17-24-46/h12-32,34-35,40H,33H2,1-11H3,(H,55,61)(H,56,62)(H,57,63). The smallest absolute Gasteiger partial charge is 0.319 e. The number of amides is 6. The van der Waals surface area contributed by atoms with E-state index in [1.165, 1.54) is 0 Å². The largest absolute Gasteiger partial charge is 0.330 e. The predicted molar refractivity (Wildman–Crippen MR) is 263 cm³/mol. The van der Waals surface area contributed by atoms with Crippen molar-refractivity contribution in [3.63, 3.8) is 0 Å². The number of rotatable bonds is 12. The lowest BCUT2D eigenvalue weighted by molar-refractivity contribution is 0.172. The van der Waals surface area contributed by atoms with Crippen LogP contribution in [0.4, 0.5) is 48.5 Å². The average Bonchev–Trinajstić information content (AvgIpc) is 3.24. The summed E-state index contributed by atoms with van der Waals surface area (Å²) < 4.78 is 0. The van der Waals surface area contributed by atoms with Gasteiger partial charge in [0.25, 0.3) is 0 Å². The van der Waals surface area contributed by atoms with Gasteiger partial charge in [0, 0.05) is 40.9 Å². The molecule has 1 unspecified atom stereocenters. The van der Waals surface area contributed by atoms with Gasteiger partial charge in [-0.3, -0.25) is 9.80 Å². The van der Waals surface area contributed by atoms with Crippen LogP contribution in [-0.2, 0) is 6.42 Å². The maximum absolute atomic E-state index is 14.3. The van der Waals surface area contributed by atoms with Crippen LogP contribution < -0.4 is 25.8 Å². The minimum absolute atomic E-state index is 0.0334. The number of hydrogen-bond acceptors (Lipinski definition) is 3. The Labute approximate surface area is 374 Å². The van der Waals surface area contributed by atoms with Crippen molar-refractivity contribution in [3.05, 3.63) is 166 Å². The minimum Gasteiger partial charge on any atom is -0.319 e. The van der Waals surface area contributed by atoms with Gasteiger partial charge in [0.2, 0.25) is 0 Å². The van der Waals surface area contributed by atoms with E-state index in [-0.39, 0.29) is 36.2 Å². The summed E-state index contributed by atoms with van der Waals surface area (Å²) in [7, 11) is 0. The number of urea groups is 3. The van der Waals surface area contributed by atoms with Crippen molar-refractivity contribution in [2.24, 2.45) is 0 Å². The van der Waals surface area contributed by atoms with E-state index in [0.717, 1.165) is 84.2 Å². The molecule has 6 aromatic rings. The lowest BCUT2D eigenvalue weighted by atomic mass is 9.96. The molecule has 0 aliphatic rings. The highest BCUT2D eigenvalue weighted by Gasteiger charge is 2.27. The first-order chi connectivity index (χ1) is 30.1. The lowest BCUT2D eigenvalue weighted by Gasteiger charge is -2.34. The van der Waals surface area contributed by atoms with Gasteiger partial charge in [-0.05, 0) is 169 Å². The maximum Gasteiger partial charge on any atom is 0.330 e. The van der Waals surface area contributed by atoms with Gasteiger partial charge in [-0.1, -0.05) is 91.0 Å². The highest BCUT2D eigenvalue weighted by molar-refractivity contribution is 6.08. The first-order valence-electron chi connectivity index (χ1n) is 21.8. The van der Waals surface area contributed by atoms with Gasteiger partial charge >= 0.3 is 18.1 Å². The highest BCUT2D eigenvalue weighted by atomic mass is 16.2. The van der Waals surface area contributed by atoms with E-state index < -0.39 is 0 Å². The van der Waals surface area contributed by atoms with E-state index in [0.29, 0.717) is 6.42 Å². The molecule has 9 nitrogen and oxygen atoms in total. The lowest BCUT2D eigenvalue weighted by Crippen LogP contribution is -2.47. The van der Waals surface area contributed by atoms with E-state index in [1.807, 2.05) is 189 Å². The molecular formula is C54H62N6O3. The number of carbonyl (C=O) groups excluding carboxylic acids is 3. The molecule has 0 bridgehead atoms. The van der Waals surface area contributed by atoms with Gasteiger partial charge in [-0.25, -0.2) is 14.4 Å². The molecule has 1 atom stereocenters. The normalized spacial score (nSPS) is 11.6. The number of hydrogen-bond donors (Lipinski definition) is 3. The molecule has 6 amide bonds. The summed E-state index contributed by atoms with van der Waals surface area (Å²) in [4.78, 5) is 47.4. The van der Waals surface area contributed by atoms with Gasteiger partial charge in [-0.2, -0.15) is 0 Å². The van der Waals surface area contributed by atoms with E-state index in [9.17, 15) is 14.4 Å². The summed E-state index contributed by atoms with van der Waals surface area (Å²) in [6, 6.07) is 40.6. The fourth-order valence-corrected chi connectivity index (χ4v) is 8.52. The first-order valence-corrected chi connectivity index (χ1v) is 21.8. The van der Waals surface area contributed by atoms with Gasteiger partial charge < -0.3 is 20.9 Å². The van der Waals surface area contributed by atoms with E-state index in [2.05, 4.69) is 35.0 Å². The van der Waals surface area contributed by atoms with Gasteiger partial charge in [0.05, 0.1) is 11.4 Å². The number of anilines is 6. The molecule has 0 heterocycles. The molecule has 0 aliphatic heterocycles. The first kappa shape index (κ1) is 45.7. The Morgan fingerprint density at radius 2 is 0.952 bits per heavy atom. The van der Waals surface area contributed by atoms with Crippen LogP contribution in [-0.4, -0.2) is 41.1 Å². The molecular weight excluding hydrogens is 781 g/mol. The monoisotopic (exact) mass is 842 g/mol. The van der Waals surface area contributed by atoms with Gasteiger partial charge in [0.15, 0.2) is 0 Å². The van der Waals surface area contributed by atoms with Crippen molar-refractivity contribution in [3.8, 4) is 11.1 Å². The number of nitrogens with zero attached hydrogens (tertiary/aromatic N) is 3. The highest BCUT2D eigenvalue weighted by Crippen LogP contribution is 2.35. The maximum atomic E-state index is 14.3.